The second kappa shape index (κ2) is 12.7. The maximum Gasteiger partial charge on any atom is 0.249 e. The lowest BCUT2D eigenvalue weighted by Gasteiger charge is -2.32. The van der Waals surface area contributed by atoms with E-state index in [2.05, 4.69) is 15.6 Å². The number of nitrogens with zero attached hydrogens (tertiary/aromatic N) is 4. The molecule has 0 saturated carbocycles. The van der Waals surface area contributed by atoms with Crippen molar-refractivity contribution in [3.8, 4) is 17.2 Å². The maximum atomic E-state index is 14.2. The van der Waals surface area contributed by atoms with Crippen LogP contribution in [0.3, 0.4) is 0 Å². The third-order valence-corrected chi connectivity index (χ3v) is 7.08. The van der Waals surface area contributed by atoms with Crippen LogP contribution in [0.5, 0.6) is 17.2 Å². The Labute approximate surface area is 237 Å². The number of fused-ring (bicyclic) bond motifs is 1. The molecule has 214 valence electrons. The highest BCUT2D eigenvalue weighted by Gasteiger charge is 2.34. The minimum atomic E-state index is -1.05. The SMILES string of the molecule is COc1ccc(N(C(=O)Cn2nnc3ccccc32)[C@H](C(=O)NC[C@@H]2CCCO2)c2ccc(OC)c(OC)c2)cc1. The van der Waals surface area contributed by atoms with Gasteiger partial charge in [-0.25, -0.2) is 4.68 Å². The van der Waals surface area contributed by atoms with Crippen molar-refractivity contribution in [3.63, 3.8) is 0 Å². The number of amides is 2. The monoisotopic (exact) mass is 559 g/mol. The van der Waals surface area contributed by atoms with Gasteiger partial charge >= 0.3 is 0 Å². The van der Waals surface area contributed by atoms with Crippen molar-refractivity contribution in [1.82, 2.24) is 20.3 Å². The molecule has 3 aromatic carbocycles. The summed E-state index contributed by atoms with van der Waals surface area (Å²) < 4.78 is 23.5. The zero-order valence-corrected chi connectivity index (χ0v) is 23.3. The third kappa shape index (κ3) is 6.09. The molecule has 2 atom stereocenters. The van der Waals surface area contributed by atoms with Crippen LogP contribution in [0.15, 0.2) is 66.7 Å². The second-order valence-electron chi connectivity index (χ2n) is 9.59. The van der Waals surface area contributed by atoms with Crippen LogP contribution in [-0.2, 0) is 20.9 Å². The average molecular weight is 560 g/mol. The van der Waals surface area contributed by atoms with Crippen LogP contribution in [0.2, 0.25) is 0 Å². The zero-order chi connectivity index (χ0) is 28.8. The number of methoxy groups -OCH3 is 3. The average Bonchev–Trinajstić information content (AvgIpc) is 3.69. The molecule has 1 N–H and O–H groups in total. The first kappa shape index (κ1) is 27.9. The Morgan fingerprint density at radius 3 is 2.51 bits per heavy atom. The molecule has 0 bridgehead atoms. The van der Waals surface area contributed by atoms with Crippen molar-refractivity contribution in [1.29, 1.82) is 0 Å². The fraction of sp³-hybridized carbons (Fsp3) is 0.333. The molecule has 5 rings (SSSR count). The molecule has 1 aromatic heterocycles. The number of hydrogen-bond donors (Lipinski definition) is 1. The summed E-state index contributed by atoms with van der Waals surface area (Å²) in [6.45, 7) is 0.859. The van der Waals surface area contributed by atoms with Gasteiger partial charge in [-0.05, 0) is 66.9 Å². The van der Waals surface area contributed by atoms with E-state index in [1.165, 1.54) is 16.7 Å². The van der Waals surface area contributed by atoms with E-state index in [-0.39, 0.29) is 24.5 Å². The highest BCUT2D eigenvalue weighted by atomic mass is 16.5. The minimum Gasteiger partial charge on any atom is -0.497 e. The van der Waals surface area contributed by atoms with Crippen LogP contribution in [0, 0.1) is 0 Å². The highest BCUT2D eigenvalue weighted by molar-refractivity contribution is 6.01. The number of nitrogens with one attached hydrogen (secondary N) is 1. The van der Waals surface area contributed by atoms with Crippen LogP contribution >= 0.6 is 0 Å². The molecule has 2 amide bonds. The van der Waals surface area contributed by atoms with Crippen LogP contribution < -0.4 is 24.4 Å². The van der Waals surface area contributed by atoms with Gasteiger partial charge in [0, 0.05) is 18.8 Å². The van der Waals surface area contributed by atoms with Gasteiger partial charge in [0.2, 0.25) is 11.8 Å². The smallest absolute Gasteiger partial charge is 0.249 e. The van der Waals surface area contributed by atoms with E-state index in [9.17, 15) is 9.59 Å². The normalized spacial score (nSPS) is 15.3. The summed E-state index contributed by atoms with van der Waals surface area (Å²) >= 11 is 0. The Bertz CT molecular complexity index is 1500. The number of anilines is 1. The molecule has 11 nitrogen and oxygen atoms in total. The molecule has 0 spiro atoms. The van der Waals surface area contributed by atoms with Crippen LogP contribution in [0.1, 0.15) is 24.4 Å². The maximum absolute atomic E-state index is 14.2. The zero-order valence-electron chi connectivity index (χ0n) is 23.3. The van der Waals surface area contributed by atoms with E-state index < -0.39 is 6.04 Å². The van der Waals surface area contributed by atoms with Gasteiger partial charge in [-0.3, -0.25) is 14.5 Å². The topological polar surface area (TPSA) is 117 Å². The van der Waals surface area contributed by atoms with Crippen molar-refractivity contribution < 1.29 is 28.5 Å². The number of aromatic nitrogens is 3. The van der Waals surface area contributed by atoms with Gasteiger partial charge in [0.05, 0.1) is 33.0 Å². The number of hydrogen-bond acceptors (Lipinski definition) is 8. The Hall–Kier alpha value is -4.64. The Balaban J connectivity index is 1.57. The van der Waals surface area contributed by atoms with Gasteiger partial charge in [-0.1, -0.05) is 23.4 Å². The van der Waals surface area contributed by atoms with Crippen LogP contribution in [0.25, 0.3) is 11.0 Å². The largest absolute Gasteiger partial charge is 0.497 e. The summed E-state index contributed by atoms with van der Waals surface area (Å²) in [6, 6.07) is 18.5. The van der Waals surface area contributed by atoms with Crippen molar-refractivity contribution in [2.24, 2.45) is 0 Å². The lowest BCUT2D eigenvalue weighted by molar-refractivity contribution is -0.127. The summed E-state index contributed by atoms with van der Waals surface area (Å²) in [5.74, 6) is 0.838. The molecule has 1 aliphatic heterocycles. The number of carbonyl (C=O) groups excluding carboxylic acids is 2. The van der Waals surface area contributed by atoms with Gasteiger partial charge in [0.25, 0.3) is 0 Å². The summed E-state index contributed by atoms with van der Waals surface area (Å²) in [5, 5.41) is 11.4. The molecule has 1 saturated heterocycles. The van der Waals surface area contributed by atoms with E-state index in [1.807, 2.05) is 24.3 Å². The van der Waals surface area contributed by atoms with Crippen molar-refractivity contribution in [2.45, 2.75) is 31.5 Å². The lowest BCUT2D eigenvalue weighted by Crippen LogP contribution is -2.46. The molecular formula is C30H33N5O6. The Morgan fingerprint density at radius 1 is 1.02 bits per heavy atom. The van der Waals surface area contributed by atoms with Crippen molar-refractivity contribution in [3.05, 3.63) is 72.3 Å². The summed E-state index contributed by atoms with van der Waals surface area (Å²) in [4.78, 5) is 29.7. The third-order valence-electron chi connectivity index (χ3n) is 7.08. The molecule has 0 radical (unpaired) electrons. The van der Waals surface area contributed by atoms with Gasteiger partial charge in [-0.2, -0.15) is 0 Å². The molecule has 11 heteroatoms. The molecule has 1 aliphatic rings. The molecule has 0 aliphatic carbocycles. The van der Waals surface area contributed by atoms with Gasteiger partial charge in [0.15, 0.2) is 11.5 Å². The van der Waals surface area contributed by atoms with Gasteiger partial charge in [0.1, 0.15) is 23.9 Å². The van der Waals surface area contributed by atoms with E-state index >= 15 is 0 Å². The fourth-order valence-corrected chi connectivity index (χ4v) is 4.98. The first-order chi connectivity index (χ1) is 20.0. The number of para-hydroxylation sites is 1. The summed E-state index contributed by atoms with van der Waals surface area (Å²) in [7, 11) is 4.63. The summed E-state index contributed by atoms with van der Waals surface area (Å²) in [5.41, 5.74) is 2.43. The Kier molecular flexibility index (Phi) is 8.64. The molecule has 4 aromatic rings. The van der Waals surface area contributed by atoms with Crippen LogP contribution in [-0.4, -0.2) is 67.4 Å². The van der Waals surface area contributed by atoms with E-state index in [4.69, 9.17) is 18.9 Å². The number of benzene rings is 3. The quantitative estimate of drug-likeness (QED) is 0.297. The van der Waals surface area contributed by atoms with E-state index in [0.717, 1.165) is 12.8 Å². The van der Waals surface area contributed by atoms with E-state index in [0.29, 0.717) is 52.7 Å². The molecule has 1 fully saturated rings. The number of ether oxygens (including phenoxy) is 4. The Morgan fingerprint density at radius 2 is 1.80 bits per heavy atom. The molecule has 2 heterocycles. The number of carbonyl (C=O) groups is 2. The summed E-state index contributed by atoms with van der Waals surface area (Å²) in [6.07, 6.45) is 1.74. The van der Waals surface area contributed by atoms with Crippen LogP contribution in [0.4, 0.5) is 5.69 Å². The number of rotatable bonds is 11. The first-order valence-electron chi connectivity index (χ1n) is 13.4. The predicted octanol–water partition coefficient (Wildman–Crippen LogP) is 3.53. The molecule has 41 heavy (non-hydrogen) atoms. The van der Waals surface area contributed by atoms with E-state index in [1.54, 1.807) is 56.7 Å². The fourth-order valence-electron chi connectivity index (χ4n) is 4.98. The lowest BCUT2D eigenvalue weighted by atomic mass is 10.0. The van der Waals surface area contributed by atoms with Crippen molar-refractivity contribution >= 4 is 28.5 Å². The minimum absolute atomic E-state index is 0.0725. The standard InChI is InChI=1S/C30H33N5O6/c1-38-22-13-11-21(12-14-22)35(28(36)19-34-25-9-5-4-8-24(25)32-33-34)29(30(37)31-18-23-7-6-16-41-23)20-10-15-26(39-2)27(17-20)40-3/h4-5,8-15,17,23,29H,6-7,16,18-19H2,1-3H3,(H,31,37)/t23-,29-/m0/s1. The second-order valence-corrected chi connectivity index (χ2v) is 9.59. The molecule has 0 unspecified atom stereocenters. The predicted molar refractivity (Wildman–Crippen MR) is 152 cm³/mol. The molecular weight excluding hydrogens is 526 g/mol. The first-order valence-corrected chi connectivity index (χ1v) is 13.4. The highest BCUT2D eigenvalue weighted by Crippen LogP contribution is 2.35. The van der Waals surface area contributed by atoms with Crippen molar-refractivity contribution in [2.75, 3.05) is 39.4 Å². The van der Waals surface area contributed by atoms with Gasteiger partial charge < -0.3 is 24.3 Å². The van der Waals surface area contributed by atoms with Gasteiger partial charge in [-0.15, -0.1) is 5.10 Å².